The number of nitrogens with zero attached hydrogens (tertiary/aromatic N) is 2. The van der Waals surface area contributed by atoms with Crippen LogP contribution in [0.4, 0.5) is 0 Å². The minimum atomic E-state index is -3.32. The lowest BCUT2D eigenvalue weighted by Crippen LogP contribution is -2.28. The van der Waals surface area contributed by atoms with Gasteiger partial charge in [-0.15, -0.1) is 0 Å². The Hall–Kier alpha value is -1.17. The van der Waals surface area contributed by atoms with E-state index in [2.05, 4.69) is 4.98 Å². The van der Waals surface area contributed by atoms with E-state index in [0.29, 0.717) is 5.82 Å². The van der Waals surface area contributed by atoms with Crippen LogP contribution in [0.5, 0.6) is 0 Å². The Kier molecular flexibility index (Phi) is 4.45. The van der Waals surface area contributed by atoms with E-state index in [1.807, 2.05) is 11.5 Å². The molecule has 1 rings (SSSR count). The Morgan fingerprint density at radius 1 is 1.53 bits per heavy atom. The van der Waals surface area contributed by atoms with Crippen molar-refractivity contribution in [1.29, 1.82) is 0 Å². The lowest BCUT2D eigenvalue weighted by Gasteiger charge is -2.09. The minimum absolute atomic E-state index is 0.0707. The lowest BCUT2D eigenvalue weighted by molar-refractivity contribution is -0.117. The number of carbonyl (C=O) groups excluding carboxylic acids is 1. The summed E-state index contributed by atoms with van der Waals surface area (Å²) in [7, 11) is -3.32. The standard InChI is InChI=1S/C11H18N2O3S/c1-4-6-13-7-5-12-11(13)8-10(14)9(2)17(3,15)16/h5,7,9H,4,6,8H2,1-3H3. The molecule has 0 saturated carbocycles. The van der Waals surface area contributed by atoms with Crippen LogP contribution in [0, 0.1) is 0 Å². The molecule has 0 radical (unpaired) electrons. The maximum atomic E-state index is 11.8. The van der Waals surface area contributed by atoms with E-state index in [4.69, 9.17) is 0 Å². The van der Waals surface area contributed by atoms with Crippen molar-refractivity contribution in [1.82, 2.24) is 9.55 Å². The van der Waals surface area contributed by atoms with E-state index < -0.39 is 15.1 Å². The fraction of sp³-hybridized carbons (Fsp3) is 0.636. The number of aromatic nitrogens is 2. The predicted octanol–water partition coefficient (Wildman–Crippen LogP) is 0.838. The number of imidazole rings is 1. The minimum Gasteiger partial charge on any atom is -0.335 e. The van der Waals surface area contributed by atoms with Gasteiger partial charge in [0.25, 0.3) is 0 Å². The van der Waals surface area contributed by atoms with Gasteiger partial charge in [-0.1, -0.05) is 6.92 Å². The zero-order chi connectivity index (χ0) is 13.1. The number of rotatable bonds is 6. The molecule has 17 heavy (non-hydrogen) atoms. The van der Waals surface area contributed by atoms with E-state index in [1.54, 1.807) is 12.4 Å². The molecular formula is C11H18N2O3S. The van der Waals surface area contributed by atoms with Gasteiger partial charge in [0.1, 0.15) is 11.1 Å². The summed E-state index contributed by atoms with van der Waals surface area (Å²) >= 11 is 0. The van der Waals surface area contributed by atoms with Crippen LogP contribution in [-0.4, -0.2) is 35.3 Å². The molecule has 0 aliphatic heterocycles. The van der Waals surface area contributed by atoms with Crippen molar-refractivity contribution in [2.75, 3.05) is 6.26 Å². The number of Topliss-reactive ketones (excluding diaryl/α,β-unsaturated/α-hetero) is 1. The van der Waals surface area contributed by atoms with Gasteiger partial charge >= 0.3 is 0 Å². The van der Waals surface area contributed by atoms with Crippen molar-refractivity contribution < 1.29 is 13.2 Å². The molecule has 96 valence electrons. The normalized spacial score (nSPS) is 13.6. The van der Waals surface area contributed by atoms with E-state index in [9.17, 15) is 13.2 Å². The van der Waals surface area contributed by atoms with Crippen molar-refractivity contribution in [3.63, 3.8) is 0 Å². The zero-order valence-corrected chi connectivity index (χ0v) is 11.2. The molecule has 6 heteroatoms. The summed E-state index contributed by atoms with van der Waals surface area (Å²) in [4.78, 5) is 15.9. The summed E-state index contributed by atoms with van der Waals surface area (Å²) in [6.45, 7) is 4.24. The molecule has 0 fully saturated rings. The zero-order valence-electron chi connectivity index (χ0n) is 10.4. The number of hydrogen-bond acceptors (Lipinski definition) is 4. The highest BCUT2D eigenvalue weighted by atomic mass is 32.2. The molecule has 0 bridgehead atoms. The molecule has 0 spiro atoms. The predicted molar refractivity (Wildman–Crippen MR) is 65.5 cm³/mol. The Balaban J connectivity index is 2.78. The van der Waals surface area contributed by atoms with Gasteiger partial charge in [-0.25, -0.2) is 13.4 Å². The number of aryl methyl sites for hydroxylation is 1. The summed E-state index contributed by atoms with van der Waals surface area (Å²) in [5.74, 6) is 0.323. The molecule has 1 heterocycles. The van der Waals surface area contributed by atoms with Gasteiger partial charge in [0.05, 0.1) is 6.42 Å². The Morgan fingerprint density at radius 3 is 2.71 bits per heavy atom. The summed E-state index contributed by atoms with van der Waals surface area (Å²) in [5.41, 5.74) is 0. The maximum absolute atomic E-state index is 11.8. The summed E-state index contributed by atoms with van der Waals surface area (Å²) in [5, 5.41) is -0.964. The largest absolute Gasteiger partial charge is 0.335 e. The topological polar surface area (TPSA) is 69.0 Å². The van der Waals surface area contributed by atoms with Crippen molar-refractivity contribution >= 4 is 15.6 Å². The number of sulfone groups is 1. The van der Waals surface area contributed by atoms with Crippen molar-refractivity contribution in [3.8, 4) is 0 Å². The molecule has 0 aromatic carbocycles. The number of carbonyl (C=O) groups is 1. The monoisotopic (exact) mass is 258 g/mol. The van der Waals surface area contributed by atoms with Crippen LogP contribution >= 0.6 is 0 Å². The third-order valence-corrected chi connectivity index (χ3v) is 4.24. The van der Waals surface area contributed by atoms with Gasteiger partial charge in [-0.2, -0.15) is 0 Å². The van der Waals surface area contributed by atoms with Gasteiger partial charge in [0.2, 0.25) is 0 Å². The van der Waals surface area contributed by atoms with E-state index >= 15 is 0 Å². The van der Waals surface area contributed by atoms with Gasteiger partial charge in [0, 0.05) is 25.2 Å². The summed E-state index contributed by atoms with van der Waals surface area (Å²) in [6, 6.07) is 0. The molecule has 1 aromatic heterocycles. The molecule has 0 N–H and O–H groups in total. The third-order valence-electron chi connectivity index (χ3n) is 2.69. The Morgan fingerprint density at radius 2 is 2.18 bits per heavy atom. The van der Waals surface area contributed by atoms with Crippen molar-refractivity contribution in [2.24, 2.45) is 0 Å². The van der Waals surface area contributed by atoms with Crippen LogP contribution in [0.15, 0.2) is 12.4 Å². The Labute approximate surface area is 102 Å². The van der Waals surface area contributed by atoms with Crippen LogP contribution in [0.1, 0.15) is 26.1 Å². The summed E-state index contributed by atoms with van der Waals surface area (Å²) in [6.07, 6.45) is 5.52. The molecular weight excluding hydrogens is 240 g/mol. The third kappa shape index (κ3) is 3.66. The average molecular weight is 258 g/mol. The molecule has 1 aromatic rings. The van der Waals surface area contributed by atoms with Gasteiger partial charge in [-0.05, 0) is 13.3 Å². The first-order chi connectivity index (χ1) is 7.86. The van der Waals surface area contributed by atoms with Gasteiger partial charge < -0.3 is 4.57 Å². The SMILES string of the molecule is CCCn1ccnc1CC(=O)C(C)S(C)(=O)=O. The van der Waals surface area contributed by atoms with Crippen LogP contribution in [0.3, 0.4) is 0 Å². The van der Waals surface area contributed by atoms with Crippen LogP contribution in [0.2, 0.25) is 0 Å². The van der Waals surface area contributed by atoms with Crippen LogP contribution in [0.25, 0.3) is 0 Å². The smallest absolute Gasteiger partial charge is 0.158 e. The van der Waals surface area contributed by atoms with E-state index in [1.165, 1.54) is 6.92 Å². The summed E-state index contributed by atoms with van der Waals surface area (Å²) < 4.78 is 24.4. The second kappa shape index (κ2) is 5.44. The number of ketones is 1. The van der Waals surface area contributed by atoms with E-state index in [-0.39, 0.29) is 12.2 Å². The Bertz CT molecular complexity index is 491. The van der Waals surface area contributed by atoms with Crippen molar-refractivity contribution in [3.05, 3.63) is 18.2 Å². The first-order valence-electron chi connectivity index (χ1n) is 5.57. The molecule has 0 saturated heterocycles. The molecule has 1 unspecified atom stereocenters. The van der Waals surface area contributed by atoms with Crippen LogP contribution < -0.4 is 0 Å². The highest BCUT2D eigenvalue weighted by molar-refractivity contribution is 7.92. The maximum Gasteiger partial charge on any atom is 0.158 e. The lowest BCUT2D eigenvalue weighted by atomic mass is 10.2. The molecule has 0 aliphatic carbocycles. The van der Waals surface area contributed by atoms with Crippen LogP contribution in [-0.2, 0) is 27.6 Å². The second-order valence-electron chi connectivity index (χ2n) is 4.15. The van der Waals surface area contributed by atoms with E-state index in [0.717, 1.165) is 19.2 Å². The second-order valence-corrected chi connectivity index (χ2v) is 6.52. The highest BCUT2D eigenvalue weighted by Crippen LogP contribution is 2.06. The first kappa shape index (κ1) is 13.9. The number of hydrogen-bond donors (Lipinski definition) is 0. The average Bonchev–Trinajstić information content (AvgIpc) is 2.64. The molecule has 5 nitrogen and oxygen atoms in total. The molecule has 0 aliphatic rings. The van der Waals surface area contributed by atoms with Crippen molar-refractivity contribution in [2.45, 2.75) is 38.5 Å². The highest BCUT2D eigenvalue weighted by Gasteiger charge is 2.24. The fourth-order valence-electron chi connectivity index (χ4n) is 1.49. The molecule has 0 amide bonds. The van der Waals surface area contributed by atoms with Gasteiger partial charge in [-0.3, -0.25) is 4.79 Å². The fourth-order valence-corrected chi connectivity index (χ4v) is 2.05. The molecule has 1 atom stereocenters. The van der Waals surface area contributed by atoms with Gasteiger partial charge in [0.15, 0.2) is 15.6 Å². The first-order valence-corrected chi connectivity index (χ1v) is 7.53. The quantitative estimate of drug-likeness (QED) is 0.758.